The van der Waals surface area contributed by atoms with Crippen molar-refractivity contribution in [3.63, 3.8) is 0 Å². The molecule has 2 atom stereocenters. The van der Waals surface area contributed by atoms with E-state index >= 15 is 0 Å². The molecule has 0 aromatic heterocycles. The lowest BCUT2D eigenvalue weighted by molar-refractivity contribution is 0.282. The molecule has 70 valence electrons. The molecule has 13 heavy (non-hydrogen) atoms. The van der Waals surface area contributed by atoms with E-state index in [4.69, 9.17) is 0 Å². The molecule has 0 radical (unpaired) electrons. The van der Waals surface area contributed by atoms with Crippen LogP contribution in [-0.4, -0.2) is 19.3 Å². The van der Waals surface area contributed by atoms with E-state index in [-0.39, 0.29) is 5.92 Å². The molecule has 0 aliphatic carbocycles. The maximum Gasteiger partial charge on any atom is 0.117 e. The van der Waals surface area contributed by atoms with Gasteiger partial charge in [0.05, 0.1) is 0 Å². The summed E-state index contributed by atoms with van der Waals surface area (Å²) in [4.78, 5) is 0. The van der Waals surface area contributed by atoms with Gasteiger partial charge in [-0.25, -0.2) is 4.39 Å². The van der Waals surface area contributed by atoms with Crippen LogP contribution >= 0.6 is 0 Å². The second-order valence-corrected chi connectivity index (χ2v) is 3.62. The predicted octanol–water partition coefficient (Wildman–Crippen LogP) is 1.79. The van der Waals surface area contributed by atoms with Gasteiger partial charge in [0.25, 0.3) is 0 Å². The number of alkyl halides is 1. The zero-order valence-electron chi connectivity index (χ0n) is 7.54. The van der Waals surface area contributed by atoms with Crippen molar-refractivity contribution in [1.29, 1.82) is 0 Å². The molecule has 2 unspecified atom stereocenters. The van der Waals surface area contributed by atoms with Crippen LogP contribution in [0.4, 0.5) is 4.39 Å². The van der Waals surface area contributed by atoms with Crippen molar-refractivity contribution in [2.24, 2.45) is 5.92 Å². The fourth-order valence-corrected chi connectivity index (χ4v) is 1.82. The van der Waals surface area contributed by atoms with Crippen LogP contribution in [0, 0.1) is 5.92 Å². The molecule has 1 nitrogen and oxygen atoms in total. The van der Waals surface area contributed by atoms with Crippen LogP contribution < -0.4 is 5.32 Å². The highest BCUT2D eigenvalue weighted by atomic mass is 19.1. The smallest absolute Gasteiger partial charge is 0.117 e. The molecule has 0 bridgehead atoms. The van der Waals surface area contributed by atoms with E-state index in [2.05, 4.69) is 17.4 Å². The van der Waals surface area contributed by atoms with Crippen LogP contribution in [0.2, 0.25) is 0 Å². The summed E-state index contributed by atoms with van der Waals surface area (Å²) in [5.41, 5.74) is 1.24. The molecule has 2 rings (SSSR count). The van der Waals surface area contributed by atoms with Gasteiger partial charge in [-0.1, -0.05) is 30.3 Å². The summed E-state index contributed by atoms with van der Waals surface area (Å²) in [7, 11) is 0. The van der Waals surface area contributed by atoms with Crippen LogP contribution in [0.25, 0.3) is 0 Å². The topological polar surface area (TPSA) is 12.0 Å². The highest BCUT2D eigenvalue weighted by Gasteiger charge is 2.26. The minimum atomic E-state index is -0.666. The van der Waals surface area contributed by atoms with Crippen LogP contribution in [-0.2, 0) is 6.42 Å². The van der Waals surface area contributed by atoms with Gasteiger partial charge in [0.2, 0.25) is 0 Å². The van der Waals surface area contributed by atoms with E-state index in [9.17, 15) is 4.39 Å². The Morgan fingerprint density at radius 1 is 1.23 bits per heavy atom. The summed E-state index contributed by atoms with van der Waals surface area (Å²) < 4.78 is 13.2. The van der Waals surface area contributed by atoms with Crippen molar-refractivity contribution in [2.45, 2.75) is 12.6 Å². The van der Waals surface area contributed by atoms with Crippen molar-refractivity contribution in [3.05, 3.63) is 35.9 Å². The standard InChI is InChI=1S/C11H14FN/c12-11-8-13-7-10(11)6-9-4-2-1-3-5-9/h1-5,10-11,13H,6-8H2. The van der Waals surface area contributed by atoms with Gasteiger partial charge in [-0.3, -0.25) is 0 Å². The average molecular weight is 179 g/mol. The Labute approximate surface area is 78.0 Å². The lowest BCUT2D eigenvalue weighted by Crippen LogP contribution is -2.15. The van der Waals surface area contributed by atoms with Gasteiger partial charge in [0, 0.05) is 19.0 Å². The van der Waals surface area contributed by atoms with Crippen LogP contribution in [0.15, 0.2) is 30.3 Å². The Morgan fingerprint density at radius 3 is 2.62 bits per heavy atom. The van der Waals surface area contributed by atoms with Gasteiger partial charge in [-0.15, -0.1) is 0 Å². The highest BCUT2D eigenvalue weighted by Crippen LogP contribution is 2.17. The monoisotopic (exact) mass is 179 g/mol. The Balaban J connectivity index is 1.98. The second-order valence-electron chi connectivity index (χ2n) is 3.62. The Hall–Kier alpha value is -0.890. The number of halogens is 1. The minimum absolute atomic E-state index is 0.169. The summed E-state index contributed by atoms with van der Waals surface area (Å²) in [6, 6.07) is 10.1. The zero-order chi connectivity index (χ0) is 9.10. The van der Waals surface area contributed by atoms with E-state index in [1.165, 1.54) is 5.56 Å². The molecule has 1 aliphatic rings. The molecule has 1 heterocycles. The number of rotatable bonds is 2. The van der Waals surface area contributed by atoms with E-state index < -0.39 is 6.17 Å². The second kappa shape index (κ2) is 3.88. The van der Waals surface area contributed by atoms with Crippen LogP contribution in [0.3, 0.4) is 0 Å². The first-order valence-electron chi connectivity index (χ1n) is 4.75. The maximum absolute atomic E-state index is 13.2. The quantitative estimate of drug-likeness (QED) is 0.729. The van der Waals surface area contributed by atoms with E-state index in [0.29, 0.717) is 6.54 Å². The summed E-state index contributed by atoms with van der Waals surface area (Å²) in [6.07, 6.45) is 0.190. The predicted molar refractivity (Wildman–Crippen MR) is 51.4 cm³/mol. The summed E-state index contributed by atoms with van der Waals surface area (Å²) in [6.45, 7) is 1.34. The first kappa shape index (κ1) is 8.70. The molecule has 1 N–H and O–H groups in total. The lowest BCUT2D eigenvalue weighted by Gasteiger charge is -2.10. The Bertz CT molecular complexity index is 260. The molecule has 1 aromatic rings. The number of benzene rings is 1. The van der Waals surface area contributed by atoms with E-state index in [1.807, 2.05) is 18.2 Å². The Morgan fingerprint density at radius 2 is 2.00 bits per heavy atom. The minimum Gasteiger partial charge on any atom is -0.313 e. The molecule has 0 spiro atoms. The molecule has 1 aromatic carbocycles. The number of hydrogen-bond acceptors (Lipinski definition) is 1. The average Bonchev–Trinajstić information content (AvgIpc) is 2.54. The fraction of sp³-hybridized carbons (Fsp3) is 0.455. The normalized spacial score (nSPS) is 27.8. The maximum atomic E-state index is 13.2. The lowest BCUT2D eigenvalue weighted by atomic mass is 9.98. The molecular weight excluding hydrogens is 165 g/mol. The third kappa shape index (κ3) is 2.07. The summed E-state index contributed by atoms with van der Waals surface area (Å²) in [5.74, 6) is 0.169. The first-order valence-corrected chi connectivity index (χ1v) is 4.75. The van der Waals surface area contributed by atoms with Gasteiger partial charge in [0.15, 0.2) is 0 Å². The van der Waals surface area contributed by atoms with Crippen molar-refractivity contribution >= 4 is 0 Å². The van der Waals surface area contributed by atoms with Crippen molar-refractivity contribution in [2.75, 3.05) is 13.1 Å². The fourth-order valence-electron chi connectivity index (χ4n) is 1.82. The molecule has 2 heteroatoms. The highest BCUT2D eigenvalue weighted by molar-refractivity contribution is 5.16. The van der Waals surface area contributed by atoms with Gasteiger partial charge < -0.3 is 5.32 Å². The molecular formula is C11H14FN. The molecule has 1 aliphatic heterocycles. The molecule has 0 saturated carbocycles. The van der Waals surface area contributed by atoms with Crippen LogP contribution in [0.1, 0.15) is 5.56 Å². The van der Waals surface area contributed by atoms with Gasteiger partial charge in [-0.2, -0.15) is 0 Å². The van der Waals surface area contributed by atoms with Gasteiger partial charge in [0.1, 0.15) is 6.17 Å². The van der Waals surface area contributed by atoms with Crippen molar-refractivity contribution < 1.29 is 4.39 Å². The molecule has 1 fully saturated rings. The number of hydrogen-bond donors (Lipinski definition) is 1. The summed E-state index contributed by atoms with van der Waals surface area (Å²) >= 11 is 0. The number of nitrogens with one attached hydrogen (secondary N) is 1. The van der Waals surface area contributed by atoms with Gasteiger partial charge >= 0.3 is 0 Å². The summed E-state index contributed by atoms with van der Waals surface area (Å²) in [5, 5.41) is 3.07. The Kier molecular flexibility index (Phi) is 2.60. The van der Waals surface area contributed by atoms with Gasteiger partial charge in [-0.05, 0) is 12.0 Å². The zero-order valence-corrected chi connectivity index (χ0v) is 7.54. The third-order valence-electron chi connectivity index (χ3n) is 2.60. The van der Waals surface area contributed by atoms with Crippen LogP contribution in [0.5, 0.6) is 0 Å². The third-order valence-corrected chi connectivity index (χ3v) is 2.60. The van der Waals surface area contributed by atoms with Crippen molar-refractivity contribution in [1.82, 2.24) is 5.32 Å². The van der Waals surface area contributed by atoms with E-state index in [0.717, 1.165) is 13.0 Å². The van der Waals surface area contributed by atoms with E-state index in [1.54, 1.807) is 0 Å². The van der Waals surface area contributed by atoms with Crippen molar-refractivity contribution in [3.8, 4) is 0 Å². The SMILES string of the molecule is FC1CNCC1Cc1ccccc1. The molecule has 1 saturated heterocycles. The first-order chi connectivity index (χ1) is 6.36. The molecule has 0 amide bonds. The largest absolute Gasteiger partial charge is 0.313 e.